The van der Waals surface area contributed by atoms with Crippen molar-refractivity contribution in [3.05, 3.63) is 70.8 Å². The van der Waals surface area contributed by atoms with Crippen LogP contribution < -0.4 is 9.44 Å². The molecule has 0 aromatic heterocycles. The second-order valence-electron chi connectivity index (χ2n) is 11.2. The zero-order valence-corrected chi connectivity index (χ0v) is 25.0. The molecule has 1 aliphatic rings. The van der Waals surface area contributed by atoms with Crippen LogP contribution in [0.2, 0.25) is 0 Å². The van der Waals surface area contributed by atoms with Gasteiger partial charge in [0.05, 0.1) is 16.6 Å². The SMILES string of the molecule is CC(CNS(=O)(=O)C(C)C)C1CCC(c2ccc(CCNS(=O)(=O)CCc3ccc(C(F)(F)F)cc3)cc2)CC1. The summed E-state index contributed by atoms with van der Waals surface area (Å²) in [6.07, 6.45) is 0.500. The van der Waals surface area contributed by atoms with Crippen molar-refractivity contribution in [2.75, 3.05) is 18.8 Å². The van der Waals surface area contributed by atoms with E-state index in [-0.39, 0.29) is 24.6 Å². The summed E-state index contributed by atoms with van der Waals surface area (Å²) >= 11 is 0. The number of benzene rings is 2. The van der Waals surface area contributed by atoms with Gasteiger partial charge in [-0.15, -0.1) is 0 Å². The van der Waals surface area contributed by atoms with Crippen LogP contribution in [0.5, 0.6) is 0 Å². The monoisotopic (exact) mass is 602 g/mol. The lowest BCUT2D eigenvalue weighted by Crippen LogP contribution is -2.36. The van der Waals surface area contributed by atoms with Crippen molar-refractivity contribution in [1.82, 2.24) is 9.44 Å². The van der Waals surface area contributed by atoms with Crippen molar-refractivity contribution in [2.45, 2.75) is 76.6 Å². The maximum absolute atomic E-state index is 12.7. The summed E-state index contributed by atoms with van der Waals surface area (Å²) in [5.74, 6) is 1.06. The van der Waals surface area contributed by atoms with E-state index in [1.165, 1.54) is 17.7 Å². The Morgan fingerprint density at radius 2 is 1.35 bits per heavy atom. The van der Waals surface area contributed by atoms with Gasteiger partial charge in [0.1, 0.15) is 0 Å². The van der Waals surface area contributed by atoms with Gasteiger partial charge in [0, 0.05) is 13.1 Å². The van der Waals surface area contributed by atoms with Gasteiger partial charge in [-0.3, -0.25) is 0 Å². The lowest BCUT2D eigenvalue weighted by atomic mass is 9.74. The van der Waals surface area contributed by atoms with Gasteiger partial charge in [0.2, 0.25) is 20.0 Å². The summed E-state index contributed by atoms with van der Waals surface area (Å²) in [6.45, 7) is 6.20. The molecule has 0 radical (unpaired) electrons. The third-order valence-corrected chi connectivity index (χ3v) is 11.1. The van der Waals surface area contributed by atoms with Crippen LogP contribution in [0, 0.1) is 11.8 Å². The Hall–Kier alpha value is -1.95. The second kappa shape index (κ2) is 13.8. The summed E-state index contributed by atoms with van der Waals surface area (Å²) in [5.41, 5.74) is 2.07. The molecular formula is C29H41F3N2O4S2. The van der Waals surface area contributed by atoms with E-state index in [2.05, 4.69) is 28.5 Å². The van der Waals surface area contributed by atoms with Crippen LogP contribution in [-0.2, 0) is 39.1 Å². The van der Waals surface area contributed by atoms with E-state index in [0.717, 1.165) is 43.4 Å². The van der Waals surface area contributed by atoms with Gasteiger partial charge >= 0.3 is 6.18 Å². The molecule has 1 saturated carbocycles. The zero-order valence-electron chi connectivity index (χ0n) is 23.4. The number of sulfonamides is 2. The number of hydrogen-bond donors (Lipinski definition) is 2. The summed E-state index contributed by atoms with van der Waals surface area (Å²) in [4.78, 5) is 0. The van der Waals surface area contributed by atoms with Gasteiger partial charge in [-0.05, 0) is 98.9 Å². The molecule has 2 aromatic rings. The fourth-order valence-corrected chi connectivity index (χ4v) is 6.98. The highest BCUT2D eigenvalue weighted by Crippen LogP contribution is 2.38. The highest BCUT2D eigenvalue weighted by atomic mass is 32.2. The molecule has 40 heavy (non-hydrogen) atoms. The topological polar surface area (TPSA) is 92.3 Å². The van der Waals surface area contributed by atoms with Gasteiger partial charge in [-0.1, -0.05) is 43.3 Å². The number of halogens is 3. The van der Waals surface area contributed by atoms with Crippen LogP contribution in [0.25, 0.3) is 0 Å². The molecule has 3 rings (SSSR count). The molecule has 0 spiro atoms. The molecule has 224 valence electrons. The van der Waals surface area contributed by atoms with Crippen LogP contribution in [0.15, 0.2) is 48.5 Å². The van der Waals surface area contributed by atoms with E-state index in [1.807, 2.05) is 12.1 Å². The minimum absolute atomic E-state index is 0.136. The van der Waals surface area contributed by atoms with Crippen molar-refractivity contribution in [3.8, 4) is 0 Å². The summed E-state index contributed by atoms with van der Waals surface area (Å²) in [7, 11) is -6.80. The Morgan fingerprint density at radius 1 is 0.800 bits per heavy atom. The molecule has 0 heterocycles. The first kappa shape index (κ1) is 32.6. The Bertz CT molecular complexity index is 1290. The fourth-order valence-electron chi connectivity index (χ4n) is 5.09. The number of rotatable bonds is 13. The molecular weight excluding hydrogens is 561 g/mol. The fraction of sp³-hybridized carbons (Fsp3) is 0.586. The third-order valence-electron chi connectivity index (χ3n) is 7.93. The van der Waals surface area contributed by atoms with E-state index >= 15 is 0 Å². The van der Waals surface area contributed by atoms with Gasteiger partial charge in [0.25, 0.3) is 0 Å². The average molecular weight is 603 g/mol. The van der Waals surface area contributed by atoms with E-state index in [9.17, 15) is 30.0 Å². The van der Waals surface area contributed by atoms with Gasteiger partial charge in [-0.25, -0.2) is 26.3 Å². The number of alkyl halides is 3. The minimum Gasteiger partial charge on any atom is -0.215 e. The Balaban J connectivity index is 1.39. The first-order chi connectivity index (χ1) is 18.7. The van der Waals surface area contributed by atoms with E-state index in [0.29, 0.717) is 30.4 Å². The first-order valence-electron chi connectivity index (χ1n) is 13.9. The molecule has 1 aliphatic carbocycles. The molecule has 1 fully saturated rings. The molecule has 1 unspecified atom stereocenters. The van der Waals surface area contributed by atoms with E-state index in [1.54, 1.807) is 13.8 Å². The Labute approximate surface area is 237 Å². The van der Waals surface area contributed by atoms with Crippen molar-refractivity contribution >= 4 is 20.0 Å². The van der Waals surface area contributed by atoms with Gasteiger partial charge < -0.3 is 0 Å². The van der Waals surface area contributed by atoms with Crippen LogP contribution in [0.3, 0.4) is 0 Å². The van der Waals surface area contributed by atoms with E-state index in [4.69, 9.17) is 0 Å². The minimum atomic E-state index is -4.41. The zero-order chi connectivity index (χ0) is 29.6. The maximum atomic E-state index is 12.7. The van der Waals surface area contributed by atoms with Gasteiger partial charge in [0.15, 0.2) is 0 Å². The van der Waals surface area contributed by atoms with Gasteiger partial charge in [-0.2, -0.15) is 13.2 Å². The quantitative estimate of drug-likeness (QED) is 0.310. The molecule has 0 amide bonds. The van der Waals surface area contributed by atoms with Crippen molar-refractivity contribution in [2.24, 2.45) is 11.8 Å². The van der Waals surface area contributed by atoms with E-state index < -0.39 is 37.0 Å². The summed E-state index contributed by atoms with van der Waals surface area (Å²) < 4.78 is 92.2. The Kier molecular flexibility index (Phi) is 11.2. The molecule has 1 atom stereocenters. The summed E-state index contributed by atoms with van der Waals surface area (Å²) in [5, 5.41) is -0.431. The first-order valence-corrected chi connectivity index (χ1v) is 17.1. The van der Waals surface area contributed by atoms with Crippen molar-refractivity contribution in [3.63, 3.8) is 0 Å². The predicted octanol–water partition coefficient (Wildman–Crippen LogP) is 5.65. The van der Waals surface area contributed by atoms with Crippen molar-refractivity contribution < 1.29 is 30.0 Å². The maximum Gasteiger partial charge on any atom is 0.416 e. The Morgan fingerprint density at radius 3 is 1.90 bits per heavy atom. The molecule has 0 saturated heterocycles. The lowest BCUT2D eigenvalue weighted by molar-refractivity contribution is -0.137. The van der Waals surface area contributed by atoms with Crippen LogP contribution >= 0.6 is 0 Å². The molecule has 11 heteroatoms. The highest BCUT2D eigenvalue weighted by Gasteiger charge is 2.30. The molecule has 6 nitrogen and oxygen atoms in total. The van der Waals surface area contributed by atoms with Crippen LogP contribution in [0.4, 0.5) is 13.2 Å². The number of aryl methyl sites for hydroxylation is 1. The highest BCUT2D eigenvalue weighted by molar-refractivity contribution is 7.90. The molecule has 0 aliphatic heterocycles. The smallest absolute Gasteiger partial charge is 0.215 e. The summed E-state index contributed by atoms with van der Waals surface area (Å²) in [6, 6.07) is 12.8. The number of nitrogens with one attached hydrogen (secondary N) is 2. The van der Waals surface area contributed by atoms with Crippen LogP contribution in [-0.4, -0.2) is 40.9 Å². The van der Waals surface area contributed by atoms with Crippen molar-refractivity contribution in [1.29, 1.82) is 0 Å². The average Bonchev–Trinajstić information content (AvgIpc) is 2.91. The third kappa shape index (κ3) is 9.85. The van der Waals surface area contributed by atoms with Crippen LogP contribution in [0.1, 0.15) is 74.6 Å². The normalized spacial score (nSPS) is 19.6. The molecule has 2 N–H and O–H groups in total. The standard InChI is InChI=1S/C29H41F3N2O4S2/c1-21(2)40(37,38)34-20-22(3)25-10-12-27(13-11-25)26-8-4-23(5-9-26)16-18-33-39(35,36)19-17-24-6-14-28(15-7-24)29(30,31)32/h4-9,14-15,21-22,25,27,33-34H,10-13,16-20H2,1-3H3. The lowest BCUT2D eigenvalue weighted by Gasteiger charge is -2.32. The predicted molar refractivity (Wildman–Crippen MR) is 153 cm³/mol. The molecule has 0 bridgehead atoms. The molecule has 2 aromatic carbocycles. The number of hydrogen-bond acceptors (Lipinski definition) is 4. The second-order valence-corrected chi connectivity index (χ2v) is 15.4. The largest absolute Gasteiger partial charge is 0.416 e.